The predicted octanol–water partition coefficient (Wildman–Crippen LogP) is 3.63. The molecule has 0 amide bonds. The maximum absolute atomic E-state index is 12.3. The first kappa shape index (κ1) is 13.1. The van der Waals surface area contributed by atoms with Crippen LogP contribution in [0.2, 0.25) is 0 Å². The second-order valence-electron chi connectivity index (χ2n) is 7.86. The fraction of sp³-hybridized carbons (Fsp3) is 0.833. The van der Waals surface area contributed by atoms with Crippen LogP contribution < -0.4 is 0 Å². The Balaban J connectivity index is 1.65. The topological polar surface area (TPSA) is 37.3 Å². The van der Waals surface area contributed by atoms with Crippen LogP contribution in [0.5, 0.6) is 0 Å². The van der Waals surface area contributed by atoms with Crippen molar-refractivity contribution in [1.82, 2.24) is 0 Å². The monoisotopic (exact) mass is 274 g/mol. The lowest BCUT2D eigenvalue weighted by molar-refractivity contribution is -0.129. The van der Waals surface area contributed by atoms with Gasteiger partial charge in [-0.3, -0.25) is 4.79 Å². The minimum atomic E-state index is -0.0905. The van der Waals surface area contributed by atoms with Gasteiger partial charge in [-0.25, -0.2) is 0 Å². The van der Waals surface area contributed by atoms with Crippen LogP contribution in [-0.2, 0) is 4.79 Å². The zero-order chi connectivity index (χ0) is 13.9. The van der Waals surface area contributed by atoms with Crippen molar-refractivity contribution in [3.8, 4) is 0 Å². The van der Waals surface area contributed by atoms with Crippen LogP contribution in [0.15, 0.2) is 11.1 Å². The average Bonchev–Trinajstić information content (AvgIpc) is 2.74. The molecule has 0 saturated heterocycles. The molecule has 0 aromatic carbocycles. The molecule has 2 nitrogen and oxygen atoms in total. The largest absolute Gasteiger partial charge is 0.393 e. The lowest BCUT2D eigenvalue weighted by atomic mass is 9.54. The summed E-state index contributed by atoms with van der Waals surface area (Å²) in [6, 6.07) is 0. The summed E-state index contributed by atoms with van der Waals surface area (Å²) in [4.78, 5) is 12.3. The predicted molar refractivity (Wildman–Crippen MR) is 78.2 cm³/mol. The van der Waals surface area contributed by atoms with E-state index in [-0.39, 0.29) is 11.5 Å². The molecule has 0 spiro atoms. The van der Waals surface area contributed by atoms with E-state index >= 15 is 0 Å². The summed E-state index contributed by atoms with van der Waals surface area (Å²) < 4.78 is 0. The zero-order valence-electron chi connectivity index (χ0n) is 12.5. The molecule has 0 bridgehead atoms. The number of hydrogen-bond acceptors (Lipinski definition) is 2. The molecule has 4 aliphatic rings. The third kappa shape index (κ3) is 1.70. The van der Waals surface area contributed by atoms with Crippen LogP contribution in [0.1, 0.15) is 64.7 Å². The number of rotatable bonds is 0. The zero-order valence-corrected chi connectivity index (χ0v) is 12.5. The van der Waals surface area contributed by atoms with Gasteiger partial charge in [-0.05, 0) is 69.1 Å². The summed E-state index contributed by atoms with van der Waals surface area (Å²) >= 11 is 0. The minimum absolute atomic E-state index is 0.00735. The molecule has 1 N–H and O–H groups in total. The number of aliphatic hydroxyl groups excluding tert-OH is 1. The number of aliphatic hydroxyl groups is 1. The van der Waals surface area contributed by atoms with E-state index in [9.17, 15) is 9.90 Å². The maximum Gasteiger partial charge on any atom is 0.139 e. The molecule has 2 heteroatoms. The minimum Gasteiger partial charge on any atom is -0.393 e. The second-order valence-corrected chi connectivity index (χ2v) is 7.86. The number of carbonyl (C=O) groups excluding carboxylic acids is 1. The van der Waals surface area contributed by atoms with Crippen LogP contribution >= 0.6 is 0 Å². The van der Waals surface area contributed by atoms with Crippen molar-refractivity contribution in [3.63, 3.8) is 0 Å². The molecule has 110 valence electrons. The van der Waals surface area contributed by atoms with Crippen LogP contribution in [0.25, 0.3) is 0 Å². The molecule has 5 atom stereocenters. The first-order valence-electron chi connectivity index (χ1n) is 8.52. The fourth-order valence-electron chi connectivity index (χ4n) is 5.96. The normalized spacial score (nSPS) is 47.8. The number of ketones is 1. The number of Topliss-reactive ketones (excluding diaryl/α,β-unsaturated/α-hetero) is 1. The van der Waals surface area contributed by atoms with Crippen molar-refractivity contribution < 1.29 is 9.90 Å². The van der Waals surface area contributed by atoms with Crippen LogP contribution in [0.3, 0.4) is 0 Å². The van der Waals surface area contributed by atoms with Gasteiger partial charge in [0.05, 0.1) is 6.10 Å². The SMILES string of the molecule is C[C@]12CC[C@@H]3C4=C(CC[C@H]3[C@@H]1CCC2=O)C[C@@H](O)CC4. The van der Waals surface area contributed by atoms with Crippen molar-refractivity contribution in [1.29, 1.82) is 0 Å². The van der Waals surface area contributed by atoms with Gasteiger partial charge in [-0.1, -0.05) is 18.1 Å². The molecule has 0 aliphatic heterocycles. The van der Waals surface area contributed by atoms with Crippen molar-refractivity contribution >= 4 is 5.78 Å². The molecule has 2 saturated carbocycles. The van der Waals surface area contributed by atoms with E-state index in [0.29, 0.717) is 11.7 Å². The second kappa shape index (κ2) is 4.43. The number of hydrogen-bond donors (Lipinski definition) is 1. The molecule has 2 fully saturated rings. The quantitative estimate of drug-likeness (QED) is 0.685. The number of allylic oxidation sites excluding steroid dienone is 1. The van der Waals surface area contributed by atoms with E-state index < -0.39 is 0 Å². The van der Waals surface area contributed by atoms with Crippen LogP contribution in [-0.4, -0.2) is 17.0 Å². The summed E-state index contributed by atoms with van der Waals surface area (Å²) in [5.41, 5.74) is 3.29. The first-order chi connectivity index (χ1) is 9.59. The summed E-state index contributed by atoms with van der Waals surface area (Å²) in [6.07, 6.45) is 9.67. The van der Waals surface area contributed by atoms with Crippen LogP contribution in [0.4, 0.5) is 0 Å². The Bertz CT molecular complexity index is 478. The van der Waals surface area contributed by atoms with E-state index in [0.717, 1.165) is 50.4 Å². The third-order valence-corrected chi connectivity index (χ3v) is 7.06. The van der Waals surface area contributed by atoms with E-state index in [1.165, 1.54) is 19.3 Å². The average molecular weight is 274 g/mol. The van der Waals surface area contributed by atoms with Gasteiger partial charge < -0.3 is 5.11 Å². The molecule has 0 unspecified atom stereocenters. The third-order valence-electron chi connectivity index (χ3n) is 7.06. The Kier molecular flexibility index (Phi) is 2.89. The standard InChI is InChI=1S/C18H26O2/c1-18-9-8-14-13-5-3-12(19)10-11(13)2-4-15(14)16(18)6-7-17(18)20/h12,14-16,19H,2-10H2,1H3/t12-,14+,15+,16-,18-/m0/s1. The van der Waals surface area contributed by atoms with E-state index in [1.807, 2.05) is 0 Å². The highest BCUT2D eigenvalue weighted by Crippen LogP contribution is 2.59. The molecular weight excluding hydrogens is 248 g/mol. The van der Waals surface area contributed by atoms with Gasteiger partial charge in [0, 0.05) is 11.8 Å². The Labute approximate surface area is 121 Å². The molecular formula is C18H26O2. The molecule has 0 aromatic rings. The highest BCUT2D eigenvalue weighted by atomic mass is 16.3. The van der Waals surface area contributed by atoms with E-state index in [2.05, 4.69) is 6.92 Å². The molecule has 0 radical (unpaired) electrons. The smallest absolute Gasteiger partial charge is 0.139 e. The first-order valence-corrected chi connectivity index (χ1v) is 8.52. The molecule has 0 heterocycles. The molecule has 4 aliphatic carbocycles. The highest BCUT2D eigenvalue weighted by molar-refractivity contribution is 5.87. The molecule has 0 aromatic heterocycles. The summed E-state index contributed by atoms with van der Waals surface area (Å²) in [5.74, 6) is 2.69. The van der Waals surface area contributed by atoms with E-state index in [1.54, 1.807) is 11.1 Å². The van der Waals surface area contributed by atoms with Gasteiger partial charge in [-0.2, -0.15) is 0 Å². The summed E-state index contributed by atoms with van der Waals surface area (Å²) in [5, 5.41) is 9.89. The Morgan fingerprint density at radius 3 is 2.80 bits per heavy atom. The Hall–Kier alpha value is -0.630. The van der Waals surface area contributed by atoms with Gasteiger partial charge >= 0.3 is 0 Å². The lowest BCUT2D eigenvalue weighted by Crippen LogP contribution is -2.44. The summed E-state index contributed by atoms with van der Waals surface area (Å²) in [7, 11) is 0. The highest BCUT2D eigenvalue weighted by Gasteiger charge is 2.54. The maximum atomic E-state index is 12.3. The number of fused-ring (bicyclic) bond motifs is 4. The van der Waals surface area contributed by atoms with Crippen molar-refractivity contribution in [2.45, 2.75) is 70.8 Å². The number of carbonyl (C=O) groups is 1. The van der Waals surface area contributed by atoms with Crippen molar-refractivity contribution in [2.75, 3.05) is 0 Å². The van der Waals surface area contributed by atoms with Gasteiger partial charge in [0.25, 0.3) is 0 Å². The van der Waals surface area contributed by atoms with Gasteiger partial charge in [0.1, 0.15) is 5.78 Å². The fourth-order valence-corrected chi connectivity index (χ4v) is 5.96. The van der Waals surface area contributed by atoms with Crippen LogP contribution in [0, 0.1) is 23.2 Å². The van der Waals surface area contributed by atoms with Crippen molar-refractivity contribution in [2.24, 2.45) is 23.2 Å². The Morgan fingerprint density at radius 2 is 1.95 bits per heavy atom. The lowest BCUT2D eigenvalue weighted by Gasteiger charge is -2.50. The molecule has 20 heavy (non-hydrogen) atoms. The van der Waals surface area contributed by atoms with E-state index in [4.69, 9.17) is 0 Å². The van der Waals surface area contributed by atoms with Gasteiger partial charge in [-0.15, -0.1) is 0 Å². The van der Waals surface area contributed by atoms with Crippen molar-refractivity contribution in [3.05, 3.63) is 11.1 Å². The van der Waals surface area contributed by atoms with Gasteiger partial charge in [0.15, 0.2) is 0 Å². The Morgan fingerprint density at radius 1 is 1.10 bits per heavy atom. The molecule has 4 rings (SSSR count). The summed E-state index contributed by atoms with van der Waals surface area (Å²) in [6.45, 7) is 2.25. The van der Waals surface area contributed by atoms with Gasteiger partial charge in [0.2, 0.25) is 0 Å².